The van der Waals surface area contributed by atoms with Crippen molar-refractivity contribution in [1.82, 2.24) is 4.90 Å². The summed E-state index contributed by atoms with van der Waals surface area (Å²) in [6.07, 6.45) is 0.822. The second-order valence-corrected chi connectivity index (χ2v) is 4.86. The van der Waals surface area contributed by atoms with E-state index in [1.807, 2.05) is 30.0 Å². The van der Waals surface area contributed by atoms with Gasteiger partial charge in [0.15, 0.2) is 0 Å². The van der Waals surface area contributed by atoms with Crippen LogP contribution in [0.2, 0.25) is 0 Å². The van der Waals surface area contributed by atoms with Gasteiger partial charge in [0.1, 0.15) is 5.75 Å². The maximum Gasteiger partial charge on any atom is 0.415 e. The van der Waals surface area contributed by atoms with Crippen molar-refractivity contribution in [3.8, 4) is 5.75 Å². The summed E-state index contributed by atoms with van der Waals surface area (Å²) < 4.78 is 5.29. The van der Waals surface area contributed by atoms with Crippen LogP contribution in [-0.4, -0.2) is 35.6 Å². The maximum absolute atomic E-state index is 11.8. The van der Waals surface area contributed by atoms with E-state index in [9.17, 15) is 4.79 Å². The smallest absolute Gasteiger partial charge is 0.410 e. The van der Waals surface area contributed by atoms with Crippen LogP contribution in [0.3, 0.4) is 0 Å². The highest BCUT2D eigenvalue weighted by Crippen LogP contribution is 2.14. The number of benzene rings is 1. The Kier molecular flexibility index (Phi) is 4.10. The van der Waals surface area contributed by atoms with Gasteiger partial charge in [-0.1, -0.05) is 18.2 Å². The Hall–Kier alpha value is -1.16. The summed E-state index contributed by atoms with van der Waals surface area (Å²) in [4.78, 5) is 13.6. The minimum atomic E-state index is -0.228. The van der Waals surface area contributed by atoms with Crippen molar-refractivity contribution in [1.29, 1.82) is 0 Å². The van der Waals surface area contributed by atoms with E-state index in [4.69, 9.17) is 4.74 Å². The van der Waals surface area contributed by atoms with Gasteiger partial charge < -0.3 is 9.64 Å². The predicted octanol–water partition coefficient (Wildman–Crippen LogP) is 2.62. The molecule has 0 aromatic heterocycles. The molecule has 1 aromatic rings. The monoisotopic (exact) mass is 237 g/mol. The third-order valence-electron chi connectivity index (χ3n) is 2.43. The molecule has 1 aliphatic rings. The van der Waals surface area contributed by atoms with Crippen LogP contribution in [0.5, 0.6) is 5.75 Å². The van der Waals surface area contributed by atoms with Gasteiger partial charge in [0.2, 0.25) is 0 Å². The molecule has 0 atom stereocenters. The van der Waals surface area contributed by atoms with E-state index >= 15 is 0 Å². The van der Waals surface area contributed by atoms with Crippen LogP contribution < -0.4 is 4.74 Å². The number of nitrogens with zero attached hydrogens (tertiary/aromatic N) is 1. The fraction of sp³-hybridized carbons (Fsp3) is 0.417. The van der Waals surface area contributed by atoms with Gasteiger partial charge >= 0.3 is 6.09 Å². The highest BCUT2D eigenvalue weighted by atomic mass is 32.2. The van der Waals surface area contributed by atoms with Gasteiger partial charge in [0.05, 0.1) is 0 Å². The number of thioether (sulfide) groups is 1. The fourth-order valence-electron chi connectivity index (χ4n) is 1.58. The molecule has 1 saturated heterocycles. The standard InChI is InChI=1S/C12H15NO2S/c14-12(13-7-4-9-16-10-8-13)15-11-5-2-1-3-6-11/h1-3,5-6H,4,7-10H2. The number of hydrogen-bond donors (Lipinski definition) is 0. The Morgan fingerprint density at radius 1 is 1.19 bits per heavy atom. The summed E-state index contributed by atoms with van der Waals surface area (Å²) in [6.45, 7) is 1.59. The van der Waals surface area contributed by atoms with Crippen molar-refractivity contribution >= 4 is 17.9 Å². The van der Waals surface area contributed by atoms with Crippen LogP contribution in [0.4, 0.5) is 4.79 Å². The molecular formula is C12H15NO2S. The quantitative estimate of drug-likeness (QED) is 0.752. The number of carbonyl (C=O) groups excluding carboxylic acids is 1. The molecule has 4 heteroatoms. The normalized spacial score (nSPS) is 16.6. The summed E-state index contributed by atoms with van der Waals surface area (Å²) in [6, 6.07) is 9.22. The average molecular weight is 237 g/mol. The molecule has 3 nitrogen and oxygen atoms in total. The Bertz CT molecular complexity index is 334. The topological polar surface area (TPSA) is 29.5 Å². The molecule has 0 bridgehead atoms. The second-order valence-electron chi connectivity index (χ2n) is 3.63. The molecule has 16 heavy (non-hydrogen) atoms. The predicted molar refractivity (Wildman–Crippen MR) is 66.0 cm³/mol. The number of carbonyl (C=O) groups is 1. The number of rotatable bonds is 1. The molecule has 86 valence electrons. The lowest BCUT2D eigenvalue weighted by Crippen LogP contribution is -2.35. The van der Waals surface area contributed by atoms with Crippen LogP contribution in [0.25, 0.3) is 0 Å². The number of amides is 1. The molecule has 0 radical (unpaired) electrons. The highest BCUT2D eigenvalue weighted by molar-refractivity contribution is 7.99. The van der Waals surface area contributed by atoms with Crippen molar-refractivity contribution in [2.45, 2.75) is 6.42 Å². The van der Waals surface area contributed by atoms with Crippen LogP contribution in [0, 0.1) is 0 Å². The lowest BCUT2D eigenvalue weighted by Gasteiger charge is -2.18. The van der Waals surface area contributed by atoms with Gasteiger partial charge in [-0.05, 0) is 24.3 Å². The van der Waals surface area contributed by atoms with Crippen molar-refractivity contribution in [3.63, 3.8) is 0 Å². The summed E-state index contributed by atoms with van der Waals surface area (Å²) >= 11 is 1.89. The van der Waals surface area contributed by atoms with E-state index < -0.39 is 0 Å². The van der Waals surface area contributed by atoms with Crippen LogP contribution in [0.15, 0.2) is 30.3 Å². The highest BCUT2D eigenvalue weighted by Gasteiger charge is 2.17. The van der Waals surface area contributed by atoms with E-state index in [0.717, 1.165) is 31.0 Å². The minimum absolute atomic E-state index is 0.228. The first-order valence-corrected chi connectivity index (χ1v) is 6.61. The van der Waals surface area contributed by atoms with Crippen molar-refractivity contribution in [3.05, 3.63) is 30.3 Å². The largest absolute Gasteiger partial charge is 0.415 e. The van der Waals surface area contributed by atoms with E-state index in [1.165, 1.54) is 0 Å². The molecule has 0 unspecified atom stereocenters. The van der Waals surface area contributed by atoms with E-state index in [2.05, 4.69) is 0 Å². The SMILES string of the molecule is O=C(Oc1ccccc1)N1CCCSCC1. The molecule has 0 N–H and O–H groups in total. The third kappa shape index (κ3) is 3.17. The van der Waals surface area contributed by atoms with Crippen molar-refractivity contribution in [2.24, 2.45) is 0 Å². The molecule has 1 fully saturated rings. The van der Waals surface area contributed by atoms with E-state index in [0.29, 0.717) is 5.75 Å². The van der Waals surface area contributed by atoms with Crippen molar-refractivity contribution in [2.75, 3.05) is 24.6 Å². The number of hydrogen-bond acceptors (Lipinski definition) is 3. The molecule has 0 aliphatic carbocycles. The Morgan fingerprint density at radius 3 is 2.81 bits per heavy atom. The summed E-state index contributed by atoms with van der Waals surface area (Å²) in [5, 5.41) is 0. The summed E-state index contributed by atoms with van der Waals surface area (Å²) in [7, 11) is 0. The number of para-hydroxylation sites is 1. The lowest BCUT2D eigenvalue weighted by atomic mass is 10.3. The van der Waals surface area contributed by atoms with Gasteiger partial charge in [-0.3, -0.25) is 0 Å². The molecular weight excluding hydrogens is 222 g/mol. The summed E-state index contributed by atoms with van der Waals surface area (Å²) in [5.74, 6) is 2.75. The molecule has 1 aromatic carbocycles. The Labute approximate surface area is 99.8 Å². The van der Waals surface area contributed by atoms with Crippen LogP contribution in [-0.2, 0) is 0 Å². The molecule has 1 heterocycles. The first-order chi connectivity index (χ1) is 7.86. The van der Waals surface area contributed by atoms with E-state index in [1.54, 1.807) is 17.0 Å². The molecule has 1 aliphatic heterocycles. The van der Waals surface area contributed by atoms with E-state index in [-0.39, 0.29) is 6.09 Å². The van der Waals surface area contributed by atoms with Crippen molar-refractivity contribution < 1.29 is 9.53 Å². The molecule has 2 rings (SSSR count). The molecule has 1 amide bonds. The van der Waals surface area contributed by atoms with Gasteiger partial charge in [-0.15, -0.1) is 0 Å². The van der Waals surface area contributed by atoms with Crippen LogP contribution in [0.1, 0.15) is 6.42 Å². The van der Waals surface area contributed by atoms with Gasteiger partial charge in [0.25, 0.3) is 0 Å². The zero-order valence-electron chi connectivity index (χ0n) is 9.09. The molecule has 0 saturated carbocycles. The number of ether oxygens (including phenoxy) is 1. The Balaban J connectivity index is 1.92. The van der Waals surface area contributed by atoms with Crippen LogP contribution >= 0.6 is 11.8 Å². The molecule has 0 spiro atoms. The maximum atomic E-state index is 11.8. The summed E-state index contributed by atoms with van der Waals surface area (Å²) in [5.41, 5.74) is 0. The average Bonchev–Trinajstić information content (AvgIpc) is 2.59. The van der Waals surface area contributed by atoms with Gasteiger partial charge in [-0.25, -0.2) is 4.79 Å². The zero-order valence-corrected chi connectivity index (χ0v) is 9.91. The minimum Gasteiger partial charge on any atom is -0.410 e. The first kappa shape index (κ1) is 11.3. The Morgan fingerprint density at radius 2 is 2.00 bits per heavy atom. The third-order valence-corrected chi connectivity index (χ3v) is 3.48. The zero-order chi connectivity index (χ0) is 11.2. The fourth-order valence-corrected chi connectivity index (χ4v) is 2.47. The first-order valence-electron chi connectivity index (χ1n) is 5.46. The van der Waals surface area contributed by atoms with Gasteiger partial charge in [-0.2, -0.15) is 11.8 Å². The van der Waals surface area contributed by atoms with Gasteiger partial charge in [0, 0.05) is 18.8 Å². The lowest BCUT2D eigenvalue weighted by molar-refractivity contribution is 0.156. The second kappa shape index (κ2) is 5.80.